The summed E-state index contributed by atoms with van der Waals surface area (Å²) < 4.78 is 0. The number of aryl methyl sites for hydroxylation is 1. The van der Waals surface area contributed by atoms with Crippen LogP contribution in [0.2, 0.25) is 0 Å². The summed E-state index contributed by atoms with van der Waals surface area (Å²) in [6.07, 6.45) is 5.02. The second kappa shape index (κ2) is 5.83. The number of benzene rings is 1. The molecule has 0 saturated carbocycles. The lowest BCUT2D eigenvalue weighted by Gasteiger charge is -2.34. The summed E-state index contributed by atoms with van der Waals surface area (Å²) in [4.78, 5) is 13.0. The molecule has 1 aliphatic carbocycles. The van der Waals surface area contributed by atoms with Gasteiger partial charge in [0.2, 0.25) is 0 Å². The maximum Gasteiger partial charge on any atom is 0.317 e. The highest BCUT2D eigenvalue weighted by molar-refractivity contribution is 5.69. The predicted molar refractivity (Wildman–Crippen MR) is 71.5 cm³/mol. The van der Waals surface area contributed by atoms with Gasteiger partial charge in [-0.15, -0.1) is 6.58 Å². The number of hydrogen-bond acceptors (Lipinski definition) is 2. The number of fused-ring (bicyclic) bond motifs is 1. The summed E-state index contributed by atoms with van der Waals surface area (Å²) in [7, 11) is 0. The molecule has 0 aliphatic heterocycles. The smallest absolute Gasteiger partial charge is 0.317 e. The molecule has 0 radical (unpaired) electrons. The Balaban J connectivity index is 2.25. The highest BCUT2D eigenvalue weighted by atomic mass is 16.4. The number of carboxylic acids is 1. The van der Waals surface area contributed by atoms with E-state index in [0.717, 1.165) is 19.3 Å². The van der Waals surface area contributed by atoms with Crippen molar-refractivity contribution in [3.63, 3.8) is 0 Å². The Morgan fingerprint density at radius 3 is 3.00 bits per heavy atom. The average molecular weight is 245 g/mol. The van der Waals surface area contributed by atoms with E-state index in [9.17, 15) is 4.79 Å². The van der Waals surface area contributed by atoms with Gasteiger partial charge >= 0.3 is 5.97 Å². The SMILES string of the molecule is C=CCN(CC(=O)O)C1CCCc2ccccc21. The van der Waals surface area contributed by atoms with Crippen molar-refractivity contribution in [1.29, 1.82) is 0 Å². The van der Waals surface area contributed by atoms with E-state index in [1.165, 1.54) is 11.1 Å². The molecule has 1 aromatic rings. The molecule has 0 aromatic heterocycles. The first-order chi connectivity index (χ1) is 8.72. The van der Waals surface area contributed by atoms with Gasteiger partial charge in [0.25, 0.3) is 0 Å². The van der Waals surface area contributed by atoms with Crippen molar-refractivity contribution in [2.24, 2.45) is 0 Å². The molecule has 0 heterocycles. The quantitative estimate of drug-likeness (QED) is 0.811. The summed E-state index contributed by atoms with van der Waals surface area (Å²) >= 11 is 0. The number of carboxylic acid groups (broad SMARTS) is 1. The number of nitrogens with zero attached hydrogens (tertiary/aromatic N) is 1. The first-order valence-electron chi connectivity index (χ1n) is 6.37. The molecule has 0 bridgehead atoms. The van der Waals surface area contributed by atoms with Gasteiger partial charge in [0.1, 0.15) is 0 Å². The molecular formula is C15H19NO2. The number of rotatable bonds is 5. The molecular weight excluding hydrogens is 226 g/mol. The van der Waals surface area contributed by atoms with Crippen LogP contribution < -0.4 is 0 Å². The van der Waals surface area contributed by atoms with Crippen LogP contribution in [0.1, 0.15) is 30.0 Å². The van der Waals surface area contributed by atoms with Crippen molar-refractivity contribution in [3.05, 3.63) is 48.0 Å². The van der Waals surface area contributed by atoms with Crippen molar-refractivity contribution >= 4 is 5.97 Å². The topological polar surface area (TPSA) is 40.5 Å². The van der Waals surface area contributed by atoms with Gasteiger partial charge in [0, 0.05) is 12.6 Å². The molecule has 96 valence electrons. The minimum Gasteiger partial charge on any atom is -0.480 e. The highest BCUT2D eigenvalue weighted by Gasteiger charge is 2.26. The molecule has 0 amide bonds. The standard InChI is InChI=1S/C15H19NO2/c1-2-10-16(11-15(17)18)14-9-5-7-12-6-3-4-8-13(12)14/h2-4,6,8,14H,1,5,7,9-11H2,(H,17,18). The van der Waals surface area contributed by atoms with Crippen molar-refractivity contribution < 1.29 is 9.90 Å². The maximum absolute atomic E-state index is 11.0. The third-order valence-electron chi connectivity index (χ3n) is 3.48. The summed E-state index contributed by atoms with van der Waals surface area (Å²) in [6.45, 7) is 4.41. The zero-order valence-electron chi connectivity index (χ0n) is 10.5. The summed E-state index contributed by atoms with van der Waals surface area (Å²) in [6, 6.07) is 8.56. The minimum atomic E-state index is -0.778. The van der Waals surface area contributed by atoms with E-state index in [4.69, 9.17) is 5.11 Å². The van der Waals surface area contributed by atoms with E-state index in [2.05, 4.69) is 24.8 Å². The average Bonchev–Trinajstić information content (AvgIpc) is 2.37. The number of hydrogen-bond donors (Lipinski definition) is 1. The second-order valence-electron chi connectivity index (χ2n) is 4.72. The van der Waals surface area contributed by atoms with Crippen LogP contribution in [0.25, 0.3) is 0 Å². The van der Waals surface area contributed by atoms with Gasteiger partial charge in [-0.2, -0.15) is 0 Å². The molecule has 2 rings (SSSR count). The van der Waals surface area contributed by atoms with Crippen LogP contribution in [0.4, 0.5) is 0 Å². The minimum absolute atomic E-state index is 0.0744. The molecule has 3 heteroatoms. The van der Waals surface area contributed by atoms with Crippen LogP contribution in [0, 0.1) is 0 Å². The van der Waals surface area contributed by atoms with E-state index >= 15 is 0 Å². The van der Waals surface area contributed by atoms with E-state index in [1.807, 2.05) is 11.0 Å². The molecule has 0 saturated heterocycles. The summed E-state index contributed by atoms with van der Waals surface area (Å²) in [5.41, 5.74) is 2.64. The number of aliphatic carboxylic acids is 1. The predicted octanol–water partition coefficient (Wildman–Crippen LogP) is 2.64. The Morgan fingerprint density at radius 2 is 2.28 bits per heavy atom. The van der Waals surface area contributed by atoms with E-state index < -0.39 is 5.97 Å². The van der Waals surface area contributed by atoms with Crippen molar-refractivity contribution in [2.75, 3.05) is 13.1 Å². The molecule has 18 heavy (non-hydrogen) atoms. The van der Waals surface area contributed by atoms with Crippen molar-refractivity contribution in [1.82, 2.24) is 4.90 Å². The van der Waals surface area contributed by atoms with Crippen LogP contribution in [-0.4, -0.2) is 29.1 Å². The van der Waals surface area contributed by atoms with Crippen LogP contribution >= 0.6 is 0 Å². The van der Waals surface area contributed by atoms with Gasteiger partial charge in [-0.1, -0.05) is 30.3 Å². The third kappa shape index (κ3) is 2.79. The Kier molecular flexibility index (Phi) is 4.15. The first-order valence-corrected chi connectivity index (χ1v) is 6.37. The summed E-state index contributed by atoms with van der Waals surface area (Å²) in [5, 5.41) is 9.01. The normalized spacial score (nSPS) is 18.4. The Hall–Kier alpha value is -1.61. The Morgan fingerprint density at radius 1 is 1.50 bits per heavy atom. The van der Waals surface area contributed by atoms with Gasteiger partial charge in [0.05, 0.1) is 6.54 Å². The summed E-state index contributed by atoms with van der Waals surface area (Å²) in [5.74, 6) is -0.778. The van der Waals surface area contributed by atoms with Crippen molar-refractivity contribution in [2.45, 2.75) is 25.3 Å². The fraction of sp³-hybridized carbons (Fsp3) is 0.400. The molecule has 1 N–H and O–H groups in total. The molecule has 1 aliphatic rings. The molecule has 3 nitrogen and oxygen atoms in total. The van der Waals surface area contributed by atoms with Crippen LogP contribution in [0.15, 0.2) is 36.9 Å². The van der Waals surface area contributed by atoms with Gasteiger partial charge < -0.3 is 5.11 Å². The highest BCUT2D eigenvalue weighted by Crippen LogP contribution is 2.33. The monoisotopic (exact) mass is 245 g/mol. The largest absolute Gasteiger partial charge is 0.480 e. The number of carbonyl (C=O) groups is 1. The van der Waals surface area contributed by atoms with Gasteiger partial charge in [-0.3, -0.25) is 9.69 Å². The van der Waals surface area contributed by atoms with E-state index in [0.29, 0.717) is 6.54 Å². The zero-order valence-corrected chi connectivity index (χ0v) is 10.5. The molecule has 1 unspecified atom stereocenters. The maximum atomic E-state index is 11.0. The van der Waals surface area contributed by atoms with Gasteiger partial charge in [-0.25, -0.2) is 0 Å². The fourth-order valence-corrected chi connectivity index (χ4v) is 2.75. The van der Waals surface area contributed by atoms with Gasteiger partial charge in [0.15, 0.2) is 0 Å². The van der Waals surface area contributed by atoms with Crippen LogP contribution in [0.5, 0.6) is 0 Å². The molecule has 1 atom stereocenters. The first kappa shape index (κ1) is 12.8. The second-order valence-corrected chi connectivity index (χ2v) is 4.72. The van der Waals surface area contributed by atoms with Crippen LogP contribution in [0.3, 0.4) is 0 Å². The van der Waals surface area contributed by atoms with Gasteiger partial charge in [-0.05, 0) is 30.4 Å². The Labute approximate surface area is 108 Å². The third-order valence-corrected chi connectivity index (χ3v) is 3.48. The fourth-order valence-electron chi connectivity index (χ4n) is 2.75. The van der Waals surface area contributed by atoms with E-state index in [1.54, 1.807) is 6.08 Å². The van der Waals surface area contributed by atoms with Crippen molar-refractivity contribution in [3.8, 4) is 0 Å². The Bertz CT molecular complexity index is 442. The molecule has 1 aromatic carbocycles. The zero-order chi connectivity index (χ0) is 13.0. The molecule has 0 fully saturated rings. The van der Waals surface area contributed by atoms with Crippen LogP contribution in [-0.2, 0) is 11.2 Å². The van der Waals surface area contributed by atoms with E-state index in [-0.39, 0.29) is 12.6 Å². The molecule has 0 spiro atoms. The lowest BCUT2D eigenvalue weighted by molar-refractivity contribution is -0.138. The lowest BCUT2D eigenvalue weighted by atomic mass is 9.87. The lowest BCUT2D eigenvalue weighted by Crippen LogP contribution is -2.35.